The molecule has 0 N–H and O–H groups in total. The van der Waals surface area contributed by atoms with Gasteiger partial charge in [-0.1, -0.05) is 0 Å². The molecule has 0 bridgehead atoms. The number of hydrogen-bond donors (Lipinski definition) is 0. The number of hydrogen-bond acceptors (Lipinski definition) is 9. The van der Waals surface area contributed by atoms with E-state index < -0.39 is 31.1 Å². The predicted octanol–water partition coefficient (Wildman–Crippen LogP) is 1.14. The van der Waals surface area contributed by atoms with Crippen LogP contribution in [0.15, 0.2) is 12.3 Å². The number of ether oxygens (including phenoxy) is 5. The Kier molecular flexibility index (Phi) is 8.77. The third kappa shape index (κ3) is 6.66. The molecule has 0 saturated carbocycles. The van der Waals surface area contributed by atoms with E-state index in [1.54, 1.807) is 20.8 Å². The number of aromatic nitrogens is 1. The maximum atomic E-state index is 12.0. The maximum absolute atomic E-state index is 12.0. The van der Waals surface area contributed by atoms with Gasteiger partial charge in [0.15, 0.2) is 19.0 Å². The van der Waals surface area contributed by atoms with E-state index in [0.29, 0.717) is 0 Å². The van der Waals surface area contributed by atoms with Gasteiger partial charge in [-0.2, -0.15) is 0 Å². The van der Waals surface area contributed by atoms with Crippen LogP contribution in [-0.2, 0) is 23.8 Å². The van der Waals surface area contributed by atoms with Crippen LogP contribution in [0, 0.1) is 0 Å². The Labute approximate surface area is 145 Å². The number of carbonyl (C=O) groups excluding carboxylic acids is 3. The number of carbonyl (C=O) groups is 3. The van der Waals surface area contributed by atoms with Crippen molar-refractivity contribution in [2.75, 3.05) is 33.0 Å². The second-order valence-electron chi connectivity index (χ2n) is 4.40. The molecular weight excluding hydrogens is 334 g/mol. The van der Waals surface area contributed by atoms with Gasteiger partial charge in [0.2, 0.25) is 0 Å². The Morgan fingerprint density at radius 3 is 2.00 bits per heavy atom. The third-order valence-corrected chi connectivity index (χ3v) is 2.64. The highest BCUT2D eigenvalue weighted by atomic mass is 16.6. The molecule has 138 valence electrons. The summed E-state index contributed by atoms with van der Waals surface area (Å²) >= 11 is 0. The second kappa shape index (κ2) is 10.8. The summed E-state index contributed by atoms with van der Waals surface area (Å²) in [6, 6.07) is 1.36. The molecule has 1 aromatic rings. The Morgan fingerprint density at radius 1 is 0.880 bits per heavy atom. The summed E-state index contributed by atoms with van der Waals surface area (Å²) in [6.45, 7) is 4.61. The van der Waals surface area contributed by atoms with Gasteiger partial charge in [0, 0.05) is 6.20 Å². The molecule has 0 radical (unpaired) electrons. The Hall–Kier alpha value is -2.84. The molecule has 0 aromatic carbocycles. The number of pyridine rings is 1. The lowest BCUT2D eigenvalue weighted by atomic mass is 10.2. The summed E-state index contributed by atoms with van der Waals surface area (Å²) in [7, 11) is 0. The zero-order valence-electron chi connectivity index (χ0n) is 14.4. The minimum absolute atomic E-state index is 0.0139. The monoisotopic (exact) mass is 355 g/mol. The highest BCUT2D eigenvalue weighted by molar-refractivity contribution is 5.93. The molecule has 0 saturated heterocycles. The fraction of sp³-hybridized carbons (Fsp3) is 0.500. The first-order valence-corrected chi connectivity index (χ1v) is 7.76. The van der Waals surface area contributed by atoms with E-state index in [4.69, 9.17) is 23.7 Å². The van der Waals surface area contributed by atoms with Crippen LogP contribution in [-0.4, -0.2) is 55.9 Å². The lowest BCUT2D eigenvalue weighted by Crippen LogP contribution is -2.19. The molecule has 1 rings (SSSR count). The predicted molar refractivity (Wildman–Crippen MR) is 84.4 cm³/mol. The molecular formula is C16H21NO8. The van der Waals surface area contributed by atoms with E-state index in [1.165, 1.54) is 12.3 Å². The van der Waals surface area contributed by atoms with Gasteiger partial charge in [-0.15, -0.1) is 0 Å². The van der Waals surface area contributed by atoms with Crippen LogP contribution in [0.2, 0.25) is 0 Å². The molecule has 0 aliphatic heterocycles. The zero-order chi connectivity index (χ0) is 18.7. The third-order valence-electron chi connectivity index (χ3n) is 2.64. The zero-order valence-corrected chi connectivity index (χ0v) is 14.4. The van der Waals surface area contributed by atoms with Crippen molar-refractivity contribution in [2.24, 2.45) is 0 Å². The summed E-state index contributed by atoms with van der Waals surface area (Å²) in [6.07, 6.45) is 1.30. The van der Waals surface area contributed by atoms with Crippen molar-refractivity contribution in [2.45, 2.75) is 20.8 Å². The first-order valence-electron chi connectivity index (χ1n) is 7.76. The molecule has 9 heteroatoms. The van der Waals surface area contributed by atoms with E-state index >= 15 is 0 Å². The molecule has 1 heterocycles. The van der Waals surface area contributed by atoms with Gasteiger partial charge in [-0.3, -0.25) is 0 Å². The van der Waals surface area contributed by atoms with Crippen LogP contribution in [0.4, 0.5) is 0 Å². The minimum Gasteiger partial charge on any atom is -0.475 e. The summed E-state index contributed by atoms with van der Waals surface area (Å²) in [4.78, 5) is 38.9. The van der Waals surface area contributed by atoms with Crippen molar-refractivity contribution in [1.82, 2.24) is 4.98 Å². The standard InChI is InChI=1S/C16H21NO8/c1-4-21-12(18)9-24-14-11(16(20)23-6-3)7-8-17-15(14)25-10-13(19)22-5-2/h7-8H,4-6,9-10H2,1-3H3. The molecule has 9 nitrogen and oxygen atoms in total. The van der Waals surface area contributed by atoms with Crippen molar-refractivity contribution in [3.8, 4) is 11.6 Å². The van der Waals surface area contributed by atoms with Crippen LogP contribution in [0.25, 0.3) is 0 Å². The molecule has 1 aromatic heterocycles. The smallest absolute Gasteiger partial charge is 0.344 e. The van der Waals surface area contributed by atoms with Gasteiger partial charge >= 0.3 is 17.9 Å². The highest BCUT2D eigenvalue weighted by Gasteiger charge is 2.22. The fourth-order valence-corrected chi connectivity index (χ4v) is 1.70. The van der Waals surface area contributed by atoms with Crippen molar-refractivity contribution < 1.29 is 38.1 Å². The largest absolute Gasteiger partial charge is 0.475 e. The molecule has 0 amide bonds. The lowest BCUT2D eigenvalue weighted by Gasteiger charge is -2.14. The van der Waals surface area contributed by atoms with Gasteiger partial charge in [-0.25, -0.2) is 19.4 Å². The molecule has 25 heavy (non-hydrogen) atoms. The molecule has 0 atom stereocenters. The normalized spacial score (nSPS) is 9.88. The Balaban J connectivity index is 3.00. The van der Waals surface area contributed by atoms with Crippen LogP contribution >= 0.6 is 0 Å². The molecule has 0 fully saturated rings. The Morgan fingerprint density at radius 2 is 1.44 bits per heavy atom. The molecule has 0 spiro atoms. The van der Waals surface area contributed by atoms with Gasteiger partial charge in [0.25, 0.3) is 5.88 Å². The topological polar surface area (TPSA) is 110 Å². The van der Waals surface area contributed by atoms with Crippen LogP contribution in [0.1, 0.15) is 31.1 Å². The molecule has 0 aliphatic rings. The minimum atomic E-state index is -0.676. The summed E-state index contributed by atoms with van der Waals surface area (Å²) < 4.78 is 25.0. The number of nitrogens with zero attached hydrogens (tertiary/aromatic N) is 1. The lowest BCUT2D eigenvalue weighted by molar-refractivity contribution is -0.146. The average Bonchev–Trinajstić information content (AvgIpc) is 2.59. The van der Waals surface area contributed by atoms with E-state index in [-0.39, 0.29) is 37.0 Å². The van der Waals surface area contributed by atoms with E-state index in [2.05, 4.69) is 4.98 Å². The first-order chi connectivity index (χ1) is 12.0. The van der Waals surface area contributed by atoms with Crippen LogP contribution in [0.3, 0.4) is 0 Å². The quantitative estimate of drug-likeness (QED) is 0.450. The Bertz CT molecular complexity index is 602. The summed E-state index contributed by atoms with van der Waals surface area (Å²) in [5.74, 6) is -2.16. The van der Waals surface area contributed by atoms with Gasteiger partial charge in [0.1, 0.15) is 5.56 Å². The van der Waals surface area contributed by atoms with E-state index in [0.717, 1.165) is 0 Å². The maximum Gasteiger partial charge on any atom is 0.344 e. The van der Waals surface area contributed by atoms with Crippen molar-refractivity contribution in [3.63, 3.8) is 0 Å². The van der Waals surface area contributed by atoms with Gasteiger partial charge in [-0.05, 0) is 26.8 Å². The first kappa shape index (κ1) is 20.2. The summed E-state index contributed by atoms with van der Waals surface area (Å²) in [5.41, 5.74) is 0.0139. The van der Waals surface area contributed by atoms with Crippen molar-refractivity contribution in [1.29, 1.82) is 0 Å². The van der Waals surface area contributed by atoms with E-state index in [9.17, 15) is 14.4 Å². The number of rotatable bonds is 10. The fourth-order valence-electron chi connectivity index (χ4n) is 1.70. The molecule has 0 unspecified atom stereocenters. The van der Waals surface area contributed by atoms with Crippen LogP contribution < -0.4 is 9.47 Å². The SMILES string of the molecule is CCOC(=O)COc1nccc(C(=O)OCC)c1OCC(=O)OCC. The van der Waals surface area contributed by atoms with Crippen molar-refractivity contribution in [3.05, 3.63) is 17.8 Å². The summed E-state index contributed by atoms with van der Waals surface area (Å²) in [5, 5.41) is 0. The number of esters is 3. The highest BCUT2D eigenvalue weighted by Crippen LogP contribution is 2.29. The van der Waals surface area contributed by atoms with E-state index in [1.807, 2.05) is 0 Å². The average molecular weight is 355 g/mol. The van der Waals surface area contributed by atoms with Gasteiger partial charge in [0.05, 0.1) is 19.8 Å². The van der Waals surface area contributed by atoms with Crippen LogP contribution in [0.5, 0.6) is 11.6 Å². The second-order valence-corrected chi connectivity index (χ2v) is 4.40. The van der Waals surface area contributed by atoms with Crippen molar-refractivity contribution >= 4 is 17.9 Å². The van der Waals surface area contributed by atoms with Gasteiger partial charge < -0.3 is 23.7 Å². The molecule has 0 aliphatic carbocycles.